The molecule has 1 saturated heterocycles. The third-order valence-corrected chi connectivity index (χ3v) is 7.44. The van der Waals surface area contributed by atoms with Gasteiger partial charge >= 0.3 is 0 Å². The summed E-state index contributed by atoms with van der Waals surface area (Å²) >= 11 is 0. The number of imidazole rings is 1. The van der Waals surface area contributed by atoms with Gasteiger partial charge in [0.1, 0.15) is 12.2 Å². The van der Waals surface area contributed by atoms with Crippen LogP contribution in [0.1, 0.15) is 51.9 Å². The molecule has 0 N–H and O–H groups in total. The molecule has 4 heterocycles. The molecular formula is C27H33FN6O3. The number of aromatic nitrogens is 3. The molecule has 0 aliphatic carbocycles. The third-order valence-electron chi connectivity index (χ3n) is 7.44. The monoisotopic (exact) mass is 508 g/mol. The molecule has 2 aliphatic rings. The van der Waals surface area contributed by atoms with Gasteiger partial charge in [0.25, 0.3) is 5.56 Å². The lowest BCUT2D eigenvalue weighted by atomic mass is 9.99. The maximum atomic E-state index is 15.0. The number of ether oxygens (including phenoxy) is 2. The smallest absolute Gasteiger partial charge is 0.267 e. The topological polar surface area (TPSA) is 88.0 Å². The zero-order chi connectivity index (χ0) is 26.6. The molecule has 1 fully saturated rings. The van der Waals surface area contributed by atoms with Gasteiger partial charge in [-0.3, -0.25) is 9.69 Å². The molecule has 0 saturated carbocycles. The third kappa shape index (κ3) is 4.42. The van der Waals surface area contributed by atoms with E-state index in [1.54, 1.807) is 29.9 Å². The number of nitriles is 1. The van der Waals surface area contributed by atoms with Gasteiger partial charge in [-0.15, -0.1) is 0 Å². The molecule has 196 valence electrons. The van der Waals surface area contributed by atoms with Gasteiger partial charge in [-0.25, -0.2) is 18.6 Å². The summed E-state index contributed by atoms with van der Waals surface area (Å²) in [5.74, 6) is 0.197. The van der Waals surface area contributed by atoms with Crippen LogP contribution in [-0.2, 0) is 13.5 Å². The minimum atomic E-state index is -0.521. The average molecular weight is 509 g/mol. The van der Waals surface area contributed by atoms with Crippen molar-refractivity contribution in [2.24, 2.45) is 7.05 Å². The van der Waals surface area contributed by atoms with Crippen LogP contribution in [0.15, 0.2) is 29.2 Å². The Hall–Kier alpha value is -3.58. The Morgan fingerprint density at radius 2 is 2.00 bits per heavy atom. The second-order valence-corrected chi connectivity index (χ2v) is 10.8. The lowest BCUT2D eigenvalue weighted by Crippen LogP contribution is -2.57. The van der Waals surface area contributed by atoms with Crippen molar-refractivity contribution in [1.82, 2.24) is 19.1 Å². The Kier molecular flexibility index (Phi) is 6.15. The summed E-state index contributed by atoms with van der Waals surface area (Å²) in [4.78, 5) is 22.0. The lowest BCUT2D eigenvalue weighted by Gasteiger charge is -2.47. The molecule has 1 unspecified atom stereocenters. The summed E-state index contributed by atoms with van der Waals surface area (Å²) in [7, 11) is 1.69. The zero-order valence-corrected chi connectivity index (χ0v) is 22.2. The maximum Gasteiger partial charge on any atom is 0.267 e. The van der Waals surface area contributed by atoms with E-state index >= 15 is 0 Å². The predicted octanol–water partition coefficient (Wildman–Crippen LogP) is 3.45. The van der Waals surface area contributed by atoms with E-state index in [-0.39, 0.29) is 35.9 Å². The number of anilines is 1. The molecule has 10 heteroatoms. The van der Waals surface area contributed by atoms with E-state index in [0.717, 1.165) is 11.3 Å². The molecule has 37 heavy (non-hydrogen) atoms. The standard InChI is InChI=1S/C27H33FN6O3/c1-16-13-33(22-11-24(35)31(6)34-14-20(7-8-29)30-26(22)34)17(2)12-32(16)18(3)19-9-21(28)25-23(10-19)37-27(4,5)15-36-25/h9-11,14,16-18H,7,12-13,15H2,1-6H3/t16-,17+,18?/m1/s1. The molecule has 0 bridgehead atoms. The van der Waals surface area contributed by atoms with Crippen molar-refractivity contribution in [3.8, 4) is 17.6 Å². The molecular weight excluding hydrogens is 475 g/mol. The quantitative estimate of drug-likeness (QED) is 0.533. The number of halogens is 1. The number of rotatable bonds is 4. The van der Waals surface area contributed by atoms with Crippen LogP contribution in [-0.4, -0.2) is 56.5 Å². The van der Waals surface area contributed by atoms with Gasteiger partial charge in [-0.2, -0.15) is 5.26 Å². The second-order valence-electron chi connectivity index (χ2n) is 10.8. The molecule has 0 amide bonds. The zero-order valence-electron chi connectivity index (χ0n) is 22.2. The number of fused-ring (bicyclic) bond motifs is 2. The fraction of sp³-hybridized carbons (Fsp3) is 0.519. The van der Waals surface area contributed by atoms with E-state index in [1.165, 1.54) is 4.68 Å². The van der Waals surface area contributed by atoms with Gasteiger partial charge in [0.05, 0.1) is 30.1 Å². The lowest BCUT2D eigenvalue weighted by molar-refractivity contribution is 0.0180. The van der Waals surface area contributed by atoms with Gasteiger partial charge in [-0.1, -0.05) is 0 Å². The number of piperazine rings is 1. The summed E-state index contributed by atoms with van der Waals surface area (Å²) in [5, 5.41) is 9.12. The molecule has 0 radical (unpaired) electrons. The fourth-order valence-electron chi connectivity index (χ4n) is 5.42. The Morgan fingerprint density at radius 1 is 1.24 bits per heavy atom. The molecule has 0 spiro atoms. The second kappa shape index (κ2) is 9.06. The van der Waals surface area contributed by atoms with Crippen LogP contribution in [0.4, 0.5) is 10.1 Å². The van der Waals surface area contributed by atoms with E-state index in [1.807, 2.05) is 19.9 Å². The highest BCUT2D eigenvalue weighted by molar-refractivity contribution is 5.69. The fourth-order valence-corrected chi connectivity index (χ4v) is 5.42. The highest BCUT2D eigenvalue weighted by Crippen LogP contribution is 2.41. The first-order valence-electron chi connectivity index (χ1n) is 12.6. The van der Waals surface area contributed by atoms with Crippen LogP contribution in [0.25, 0.3) is 5.65 Å². The summed E-state index contributed by atoms with van der Waals surface area (Å²) in [6.45, 7) is 11.8. The van der Waals surface area contributed by atoms with E-state index in [9.17, 15) is 9.18 Å². The molecule has 2 aromatic heterocycles. The van der Waals surface area contributed by atoms with Crippen LogP contribution in [0.2, 0.25) is 0 Å². The van der Waals surface area contributed by atoms with Crippen molar-refractivity contribution in [3.63, 3.8) is 0 Å². The van der Waals surface area contributed by atoms with Crippen LogP contribution < -0.4 is 19.9 Å². The normalized spacial score (nSPS) is 22.2. The van der Waals surface area contributed by atoms with E-state index in [4.69, 9.17) is 14.7 Å². The maximum absolute atomic E-state index is 15.0. The van der Waals surface area contributed by atoms with E-state index in [0.29, 0.717) is 36.8 Å². The minimum absolute atomic E-state index is 0.0617. The van der Waals surface area contributed by atoms with Crippen LogP contribution in [0.5, 0.6) is 11.5 Å². The average Bonchev–Trinajstić information content (AvgIpc) is 3.25. The largest absolute Gasteiger partial charge is 0.483 e. The summed E-state index contributed by atoms with van der Waals surface area (Å²) in [5.41, 5.74) is 2.20. The molecule has 2 aliphatic heterocycles. The van der Waals surface area contributed by atoms with Crippen molar-refractivity contribution in [3.05, 3.63) is 51.8 Å². The number of nitrogens with zero attached hydrogens (tertiary/aromatic N) is 6. The molecule has 1 aromatic carbocycles. The highest BCUT2D eigenvalue weighted by atomic mass is 19.1. The first-order valence-corrected chi connectivity index (χ1v) is 12.6. The summed E-state index contributed by atoms with van der Waals surface area (Å²) in [6.07, 6.45) is 1.92. The molecule has 3 aromatic rings. The van der Waals surface area contributed by atoms with Gasteiger partial charge in [-0.05, 0) is 52.3 Å². The summed E-state index contributed by atoms with van der Waals surface area (Å²) in [6, 6.07) is 7.29. The van der Waals surface area contributed by atoms with Gasteiger partial charge in [0, 0.05) is 44.3 Å². The highest BCUT2D eigenvalue weighted by Gasteiger charge is 2.36. The number of benzene rings is 1. The SMILES string of the molecule is CC(c1cc(F)c2c(c1)OC(C)(C)CO2)N1C[C@H](C)N(c2cc(=O)n(C)n3cc(CC#N)nc23)C[C@H]1C. The Morgan fingerprint density at radius 3 is 2.73 bits per heavy atom. The number of hydrogen-bond donors (Lipinski definition) is 0. The number of hydrogen-bond acceptors (Lipinski definition) is 7. The Labute approximate surface area is 215 Å². The van der Waals surface area contributed by atoms with Crippen molar-refractivity contribution < 1.29 is 13.9 Å². The molecule has 9 nitrogen and oxygen atoms in total. The molecule has 3 atom stereocenters. The molecule has 5 rings (SSSR count). The van der Waals surface area contributed by atoms with Gasteiger partial charge in [0.15, 0.2) is 23.0 Å². The predicted molar refractivity (Wildman–Crippen MR) is 138 cm³/mol. The van der Waals surface area contributed by atoms with Gasteiger partial charge < -0.3 is 14.4 Å². The van der Waals surface area contributed by atoms with Crippen molar-refractivity contribution in [2.45, 2.75) is 64.8 Å². The van der Waals surface area contributed by atoms with Crippen LogP contribution in [0.3, 0.4) is 0 Å². The van der Waals surface area contributed by atoms with E-state index < -0.39 is 11.4 Å². The van der Waals surface area contributed by atoms with Crippen LogP contribution in [0, 0.1) is 17.1 Å². The first-order chi connectivity index (χ1) is 17.5. The minimum Gasteiger partial charge on any atom is -0.483 e. The van der Waals surface area contributed by atoms with E-state index in [2.05, 4.69) is 41.6 Å². The van der Waals surface area contributed by atoms with Crippen molar-refractivity contribution in [2.75, 3.05) is 24.6 Å². The number of aryl methyl sites for hydroxylation is 1. The van der Waals surface area contributed by atoms with Crippen molar-refractivity contribution in [1.29, 1.82) is 5.26 Å². The summed E-state index contributed by atoms with van der Waals surface area (Å²) < 4.78 is 29.8. The Balaban J connectivity index is 1.44. The Bertz CT molecular complexity index is 1460. The van der Waals surface area contributed by atoms with Crippen molar-refractivity contribution >= 4 is 11.3 Å². The van der Waals surface area contributed by atoms with Crippen LogP contribution >= 0.6 is 0 Å². The van der Waals surface area contributed by atoms with Gasteiger partial charge in [0.2, 0.25) is 0 Å². The first kappa shape index (κ1) is 25.1.